The lowest BCUT2D eigenvalue weighted by atomic mass is 9.90. The molecule has 134 valence electrons. The molecule has 0 unspecified atom stereocenters. The summed E-state index contributed by atoms with van der Waals surface area (Å²) in [6, 6.07) is 7.99. The number of ketones is 1. The van der Waals surface area contributed by atoms with E-state index in [9.17, 15) is 4.79 Å². The van der Waals surface area contributed by atoms with Crippen LogP contribution >= 0.6 is 11.8 Å². The zero-order valence-electron chi connectivity index (χ0n) is 15.4. The SMILES string of the molecule is CCn1cc(CN2CCC[C@@H](C(=O)c3ccccc3SC)C2)c(C)n1. The maximum absolute atomic E-state index is 13.0. The smallest absolute Gasteiger partial charge is 0.168 e. The lowest BCUT2D eigenvalue weighted by molar-refractivity contribution is 0.0808. The largest absolute Gasteiger partial charge is 0.298 e. The summed E-state index contributed by atoms with van der Waals surface area (Å²) in [6.45, 7) is 7.87. The van der Waals surface area contributed by atoms with Crippen LogP contribution in [0.2, 0.25) is 0 Å². The van der Waals surface area contributed by atoms with Gasteiger partial charge in [0.1, 0.15) is 0 Å². The minimum Gasteiger partial charge on any atom is -0.298 e. The van der Waals surface area contributed by atoms with Gasteiger partial charge in [0.05, 0.1) is 5.69 Å². The van der Waals surface area contributed by atoms with E-state index < -0.39 is 0 Å². The Labute approximate surface area is 154 Å². The van der Waals surface area contributed by atoms with Gasteiger partial charge in [0.25, 0.3) is 0 Å². The zero-order chi connectivity index (χ0) is 17.8. The number of aromatic nitrogens is 2. The van der Waals surface area contributed by atoms with E-state index in [4.69, 9.17) is 0 Å². The summed E-state index contributed by atoms with van der Waals surface area (Å²) in [4.78, 5) is 16.5. The maximum Gasteiger partial charge on any atom is 0.168 e. The molecule has 3 rings (SSSR count). The first kappa shape index (κ1) is 18.2. The molecule has 1 saturated heterocycles. The van der Waals surface area contributed by atoms with Crippen molar-refractivity contribution in [2.75, 3.05) is 19.3 Å². The Hall–Kier alpha value is -1.59. The summed E-state index contributed by atoms with van der Waals surface area (Å²) in [5, 5.41) is 4.54. The summed E-state index contributed by atoms with van der Waals surface area (Å²) in [7, 11) is 0. The van der Waals surface area contributed by atoms with Crippen LogP contribution in [-0.4, -0.2) is 39.8 Å². The molecular formula is C20H27N3OS. The topological polar surface area (TPSA) is 38.1 Å². The van der Waals surface area contributed by atoms with Gasteiger partial charge < -0.3 is 0 Å². The molecule has 25 heavy (non-hydrogen) atoms. The number of rotatable bonds is 6. The summed E-state index contributed by atoms with van der Waals surface area (Å²) in [5.74, 6) is 0.402. The van der Waals surface area contributed by atoms with Gasteiger partial charge in [-0.15, -0.1) is 11.8 Å². The third-order valence-corrected chi connectivity index (χ3v) is 5.81. The van der Waals surface area contributed by atoms with Gasteiger partial charge in [-0.1, -0.05) is 18.2 Å². The van der Waals surface area contributed by atoms with Crippen molar-refractivity contribution in [2.24, 2.45) is 5.92 Å². The van der Waals surface area contributed by atoms with E-state index >= 15 is 0 Å². The monoisotopic (exact) mass is 357 g/mol. The normalized spacial score (nSPS) is 18.4. The average Bonchev–Trinajstić information content (AvgIpc) is 3.01. The predicted molar refractivity (Wildman–Crippen MR) is 103 cm³/mol. The second-order valence-electron chi connectivity index (χ2n) is 6.73. The number of Topliss-reactive ketones (excluding diaryl/α,β-unsaturated/α-hetero) is 1. The van der Waals surface area contributed by atoms with E-state index in [1.807, 2.05) is 35.2 Å². The molecule has 0 aliphatic carbocycles. The first-order valence-corrected chi connectivity index (χ1v) is 10.3. The van der Waals surface area contributed by atoms with Crippen molar-refractivity contribution < 1.29 is 4.79 Å². The number of thioether (sulfide) groups is 1. The van der Waals surface area contributed by atoms with Gasteiger partial charge in [-0.2, -0.15) is 5.10 Å². The minimum absolute atomic E-state index is 0.101. The van der Waals surface area contributed by atoms with Crippen molar-refractivity contribution in [1.29, 1.82) is 0 Å². The molecule has 1 atom stereocenters. The van der Waals surface area contributed by atoms with Crippen molar-refractivity contribution in [3.8, 4) is 0 Å². The van der Waals surface area contributed by atoms with Crippen LogP contribution in [0.4, 0.5) is 0 Å². The summed E-state index contributed by atoms with van der Waals surface area (Å²) < 4.78 is 1.99. The fourth-order valence-electron chi connectivity index (χ4n) is 3.60. The van der Waals surface area contributed by atoms with Gasteiger partial charge in [-0.25, -0.2) is 0 Å². The van der Waals surface area contributed by atoms with Gasteiger partial charge in [-0.3, -0.25) is 14.4 Å². The molecule has 0 N–H and O–H groups in total. The number of nitrogens with zero attached hydrogens (tertiary/aromatic N) is 3. The van der Waals surface area contributed by atoms with E-state index in [1.54, 1.807) is 11.8 Å². The first-order chi connectivity index (χ1) is 12.1. The van der Waals surface area contributed by atoms with E-state index in [-0.39, 0.29) is 5.92 Å². The molecular weight excluding hydrogens is 330 g/mol. The van der Waals surface area contributed by atoms with E-state index in [0.717, 1.165) is 55.2 Å². The van der Waals surface area contributed by atoms with Crippen molar-refractivity contribution in [1.82, 2.24) is 14.7 Å². The Kier molecular flexibility index (Phi) is 5.97. The summed E-state index contributed by atoms with van der Waals surface area (Å²) in [5.41, 5.74) is 3.26. The Morgan fingerprint density at radius 2 is 2.16 bits per heavy atom. The average molecular weight is 358 g/mol. The van der Waals surface area contributed by atoms with E-state index in [0.29, 0.717) is 5.78 Å². The van der Waals surface area contributed by atoms with E-state index in [2.05, 4.69) is 30.0 Å². The molecule has 0 saturated carbocycles. The molecule has 0 spiro atoms. The molecule has 5 heteroatoms. The van der Waals surface area contributed by atoms with Gasteiger partial charge in [-0.05, 0) is 45.6 Å². The Morgan fingerprint density at radius 1 is 1.36 bits per heavy atom. The van der Waals surface area contributed by atoms with E-state index in [1.165, 1.54) is 5.56 Å². The van der Waals surface area contributed by atoms with Gasteiger partial charge in [0, 0.05) is 47.8 Å². The number of hydrogen-bond donors (Lipinski definition) is 0. The maximum atomic E-state index is 13.0. The number of carbonyl (C=O) groups is 1. The predicted octanol–water partition coefficient (Wildman–Crippen LogP) is 4.03. The van der Waals surface area contributed by atoms with Crippen LogP contribution in [-0.2, 0) is 13.1 Å². The molecule has 1 aromatic carbocycles. The highest BCUT2D eigenvalue weighted by molar-refractivity contribution is 7.98. The lowest BCUT2D eigenvalue weighted by Gasteiger charge is -2.32. The van der Waals surface area contributed by atoms with Crippen LogP contribution in [0.25, 0.3) is 0 Å². The molecule has 2 heterocycles. The fourth-order valence-corrected chi connectivity index (χ4v) is 4.20. The standard InChI is InChI=1S/C20H27N3OS/c1-4-23-14-17(15(2)21-23)13-22-11-7-8-16(12-22)20(24)18-9-5-6-10-19(18)25-3/h5-6,9-10,14,16H,4,7-8,11-13H2,1-3H3/t16-/m1/s1. The highest BCUT2D eigenvalue weighted by atomic mass is 32.2. The number of benzene rings is 1. The number of carbonyl (C=O) groups excluding carboxylic acids is 1. The lowest BCUT2D eigenvalue weighted by Crippen LogP contribution is -2.38. The zero-order valence-corrected chi connectivity index (χ0v) is 16.2. The van der Waals surface area contributed by atoms with Gasteiger partial charge in [0.15, 0.2) is 5.78 Å². The second-order valence-corrected chi connectivity index (χ2v) is 7.58. The Balaban J connectivity index is 1.70. The molecule has 1 aliphatic heterocycles. The third kappa shape index (κ3) is 4.15. The molecule has 1 aliphatic rings. The number of piperidine rings is 1. The fraction of sp³-hybridized carbons (Fsp3) is 0.500. The summed E-state index contributed by atoms with van der Waals surface area (Å²) in [6.07, 6.45) is 6.25. The molecule has 4 nitrogen and oxygen atoms in total. The first-order valence-electron chi connectivity index (χ1n) is 9.05. The number of likely N-dealkylation sites (tertiary alicyclic amines) is 1. The van der Waals surface area contributed by atoms with Gasteiger partial charge in [0.2, 0.25) is 0 Å². The Morgan fingerprint density at radius 3 is 2.88 bits per heavy atom. The minimum atomic E-state index is 0.101. The summed E-state index contributed by atoms with van der Waals surface area (Å²) >= 11 is 1.65. The molecule has 1 aromatic heterocycles. The third-order valence-electron chi connectivity index (χ3n) is 5.01. The quantitative estimate of drug-likeness (QED) is 0.578. The van der Waals surface area contributed by atoms with Crippen molar-refractivity contribution in [2.45, 2.75) is 44.7 Å². The second kappa shape index (κ2) is 8.19. The highest BCUT2D eigenvalue weighted by Crippen LogP contribution is 2.27. The number of aryl methyl sites for hydroxylation is 2. The Bertz CT molecular complexity index is 740. The molecule has 0 bridgehead atoms. The highest BCUT2D eigenvalue weighted by Gasteiger charge is 2.28. The van der Waals surface area contributed by atoms with Crippen LogP contribution in [0.5, 0.6) is 0 Å². The van der Waals surface area contributed by atoms with Crippen LogP contribution in [0.3, 0.4) is 0 Å². The van der Waals surface area contributed by atoms with Crippen LogP contribution < -0.4 is 0 Å². The molecule has 1 fully saturated rings. The molecule has 0 amide bonds. The van der Waals surface area contributed by atoms with Crippen LogP contribution in [0, 0.1) is 12.8 Å². The number of hydrogen-bond acceptors (Lipinski definition) is 4. The van der Waals surface area contributed by atoms with Crippen molar-refractivity contribution in [3.63, 3.8) is 0 Å². The molecule has 2 aromatic rings. The van der Waals surface area contributed by atoms with Gasteiger partial charge >= 0.3 is 0 Å². The van der Waals surface area contributed by atoms with Crippen molar-refractivity contribution in [3.05, 3.63) is 47.3 Å². The molecule has 0 radical (unpaired) electrons. The van der Waals surface area contributed by atoms with Crippen molar-refractivity contribution >= 4 is 17.5 Å². The van der Waals surface area contributed by atoms with Crippen LogP contribution in [0.1, 0.15) is 41.4 Å². The van der Waals surface area contributed by atoms with Crippen LogP contribution in [0.15, 0.2) is 35.4 Å².